The fraction of sp³-hybridized carbons (Fsp3) is 0.667. The average molecular weight is 234 g/mol. The third kappa shape index (κ3) is 3.81. The van der Waals surface area contributed by atoms with Gasteiger partial charge < -0.3 is 5.32 Å². The summed E-state index contributed by atoms with van der Waals surface area (Å²) >= 11 is 0. The van der Waals surface area contributed by atoms with Crippen LogP contribution in [0, 0.1) is 12.8 Å². The summed E-state index contributed by atoms with van der Waals surface area (Å²) in [6.07, 6.45) is 5.48. The van der Waals surface area contributed by atoms with Crippen molar-refractivity contribution >= 4 is 0 Å². The van der Waals surface area contributed by atoms with Gasteiger partial charge in [0.25, 0.3) is 0 Å². The zero-order valence-corrected chi connectivity index (χ0v) is 11.7. The van der Waals surface area contributed by atoms with Crippen molar-refractivity contribution in [2.45, 2.75) is 53.0 Å². The summed E-state index contributed by atoms with van der Waals surface area (Å²) < 4.78 is 0. The monoisotopic (exact) mass is 234 g/mol. The molecule has 0 aliphatic carbocycles. The van der Waals surface area contributed by atoms with Crippen LogP contribution >= 0.6 is 0 Å². The van der Waals surface area contributed by atoms with Gasteiger partial charge in [0, 0.05) is 6.20 Å². The van der Waals surface area contributed by atoms with E-state index in [-0.39, 0.29) is 0 Å². The van der Waals surface area contributed by atoms with Crippen molar-refractivity contribution < 1.29 is 0 Å². The molecular formula is C15H26N2. The number of aryl methyl sites for hydroxylation is 1. The highest BCUT2D eigenvalue weighted by atomic mass is 14.9. The molecule has 0 radical (unpaired) electrons. The van der Waals surface area contributed by atoms with E-state index in [1.54, 1.807) is 0 Å². The van der Waals surface area contributed by atoms with Gasteiger partial charge in [-0.15, -0.1) is 0 Å². The molecule has 0 bridgehead atoms. The molecule has 0 spiro atoms. The lowest BCUT2D eigenvalue weighted by molar-refractivity contribution is 0.334. The van der Waals surface area contributed by atoms with Crippen LogP contribution in [0.3, 0.4) is 0 Å². The van der Waals surface area contributed by atoms with Crippen LogP contribution in [0.2, 0.25) is 0 Å². The van der Waals surface area contributed by atoms with Gasteiger partial charge in [-0.2, -0.15) is 0 Å². The zero-order valence-electron chi connectivity index (χ0n) is 11.7. The molecule has 1 N–H and O–H groups in total. The second kappa shape index (κ2) is 7.44. The van der Waals surface area contributed by atoms with Crippen LogP contribution in [0.25, 0.3) is 0 Å². The minimum atomic E-state index is 0.408. The third-order valence-electron chi connectivity index (χ3n) is 3.48. The van der Waals surface area contributed by atoms with Crippen molar-refractivity contribution in [3.05, 3.63) is 29.6 Å². The minimum Gasteiger partial charge on any atom is -0.308 e. The first-order chi connectivity index (χ1) is 8.24. The van der Waals surface area contributed by atoms with Crippen molar-refractivity contribution in [2.75, 3.05) is 6.54 Å². The van der Waals surface area contributed by atoms with Gasteiger partial charge in [0.1, 0.15) is 0 Å². The molecule has 0 saturated heterocycles. The number of rotatable bonds is 7. The van der Waals surface area contributed by atoms with Gasteiger partial charge in [-0.05, 0) is 37.4 Å². The van der Waals surface area contributed by atoms with Gasteiger partial charge in [-0.25, -0.2) is 0 Å². The molecule has 17 heavy (non-hydrogen) atoms. The molecule has 1 rings (SSSR count). The second-order valence-electron chi connectivity index (χ2n) is 4.71. The van der Waals surface area contributed by atoms with Gasteiger partial charge in [-0.3, -0.25) is 4.98 Å². The molecule has 2 nitrogen and oxygen atoms in total. The van der Waals surface area contributed by atoms with E-state index in [9.17, 15) is 0 Å². The van der Waals surface area contributed by atoms with Crippen LogP contribution < -0.4 is 5.32 Å². The molecule has 0 aliphatic heterocycles. The maximum atomic E-state index is 4.59. The third-order valence-corrected chi connectivity index (χ3v) is 3.48. The van der Waals surface area contributed by atoms with Crippen molar-refractivity contribution in [1.29, 1.82) is 0 Å². The van der Waals surface area contributed by atoms with Gasteiger partial charge in [0.05, 0.1) is 11.7 Å². The van der Waals surface area contributed by atoms with Crippen molar-refractivity contribution in [1.82, 2.24) is 10.3 Å². The van der Waals surface area contributed by atoms with E-state index < -0.39 is 0 Å². The fourth-order valence-corrected chi connectivity index (χ4v) is 2.37. The molecule has 0 aromatic carbocycles. The second-order valence-corrected chi connectivity index (χ2v) is 4.71. The van der Waals surface area contributed by atoms with E-state index in [1.165, 1.54) is 30.5 Å². The Hall–Kier alpha value is -0.890. The predicted molar refractivity (Wildman–Crippen MR) is 74.1 cm³/mol. The van der Waals surface area contributed by atoms with E-state index in [1.807, 2.05) is 12.3 Å². The Morgan fingerprint density at radius 3 is 2.47 bits per heavy atom. The zero-order chi connectivity index (χ0) is 12.7. The van der Waals surface area contributed by atoms with Gasteiger partial charge in [0.2, 0.25) is 0 Å². The molecule has 0 saturated carbocycles. The van der Waals surface area contributed by atoms with E-state index >= 15 is 0 Å². The van der Waals surface area contributed by atoms with Gasteiger partial charge >= 0.3 is 0 Å². The highest BCUT2D eigenvalue weighted by Crippen LogP contribution is 2.27. The van der Waals surface area contributed by atoms with Crippen molar-refractivity contribution in [3.8, 4) is 0 Å². The Bertz CT molecular complexity index is 318. The first-order valence-corrected chi connectivity index (χ1v) is 6.89. The molecule has 1 atom stereocenters. The number of hydrogen-bond acceptors (Lipinski definition) is 2. The molecule has 2 heteroatoms. The molecule has 1 aromatic rings. The standard InChI is InChI=1S/C15H26N2/c1-5-10-16-15(13(6-2)7-3)14-12(4)9-8-11-17-14/h8-9,11,13,15-16H,5-7,10H2,1-4H3. The van der Waals surface area contributed by atoms with Crippen LogP contribution in [0.1, 0.15) is 57.3 Å². The minimum absolute atomic E-state index is 0.408. The highest BCUT2D eigenvalue weighted by molar-refractivity contribution is 5.21. The number of nitrogens with one attached hydrogen (secondary N) is 1. The maximum Gasteiger partial charge on any atom is 0.0605 e. The molecule has 1 unspecified atom stereocenters. The smallest absolute Gasteiger partial charge is 0.0605 e. The average Bonchev–Trinajstić information content (AvgIpc) is 2.36. The Kier molecular flexibility index (Phi) is 6.20. The number of hydrogen-bond donors (Lipinski definition) is 1. The van der Waals surface area contributed by atoms with E-state index in [0.717, 1.165) is 6.54 Å². The van der Waals surface area contributed by atoms with Crippen LogP contribution in [0.15, 0.2) is 18.3 Å². The highest BCUT2D eigenvalue weighted by Gasteiger charge is 2.22. The summed E-state index contributed by atoms with van der Waals surface area (Å²) in [7, 11) is 0. The maximum absolute atomic E-state index is 4.59. The molecule has 1 aromatic heterocycles. The number of pyridine rings is 1. The van der Waals surface area contributed by atoms with E-state index in [4.69, 9.17) is 0 Å². The number of aromatic nitrogens is 1. The molecule has 0 fully saturated rings. The Balaban J connectivity index is 2.92. The van der Waals surface area contributed by atoms with Crippen LogP contribution in [-0.2, 0) is 0 Å². The first kappa shape index (κ1) is 14.2. The largest absolute Gasteiger partial charge is 0.308 e. The molecule has 96 valence electrons. The molecule has 0 amide bonds. The Labute approximate surface area is 106 Å². The molecule has 1 heterocycles. The first-order valence-electron chi connectivity index (χ1n) is 6.89. The van der Waals surface area contributed by atoms with Crippen LogP contribution in [0.5, 0.6) is 0 Å². The van der Waals surface area contributed by atoms with Crippen LogP contribution in [-0.4, -0.2) is 11.5 Å². The van der Waals surface area contributed by atoms with Crippen molar-refractivity contribution in [3.63, 3.8) is 0 Å². The Morgan fingerprint density at radius 2 is 1.94 bits per heavy atom. The van der Waals surface area contributed by atoms with E-state index in [0.29, 0.717) is 12.0 Å². The summed E-state index contributed by atoms with van der Waals surface area (Å²) in [5.41, 5.74) is 2.53. The Morgan fingerprint density at radius 1 is 1.24 bits per heavy atom. The van der Waals surface area contributed by atoms with Gasteiger partial charge in [0.15, 0.2) is 0 Å². The molecule has 0 aliphatic rings. The lowest BCUT2D eigenvalue weighted by Crippen LogP contribution is -2.30. The fourth-order valence-electron chi connectivity index (χ4n) is 2.37. The summed E-state index contributed by atoms with van der Waals surface area (Å²) in [4.78, 5) is 4.59. The van der Waals surface area contributed by atoms with E-state index in [2.05, 4.69) is 44.1 Å². The predicted octanol–water partition coefficient (Wildman–Crippen LogP) is 3.87. The van der Waals surface area contributed by atoms with Crippen LogP contribution in [0.4, 0.5) is 0 Å². The van der Waals surface area contributed by atoms with Crippen molar-refractivity contribution in [2.24, 2.45) is 5.92 Å². The summed E-state index contributed by atoms with van der Waals surface area (Å²) in [6.45, 7) is 9.98. The molecular weight excluding hydrogens is 208 g/mol. The summed E-state index contributed by atoms with van der Waals surface area (Å²) in [5.74, 6) is 0.676. The SMILES string of the molecule is CCCNC(c1ncccc1C)C(CC)CC. The topological polar surface area (TPSA) is 24.9 Å². The summed E-state index contributed by atoms with van der Waals surface area (Å²) in [5, 5.41) is 3.67. The summed E-state index contributed by atoms with van der Waals surface area (Å²) in [6, 6.07) is 4.58. The quantitative estimate of drug-likeness (QED) is 0.774. The van der Waals surface area contributed by atoms with Gasteiger partial charge in [-0.1, -0.05) is 39.7 Å². The number of nitrogens with zero attached hydrogens (tertiary/aromatic N) is 1. The normalized spacial score (nSPS) is 13.0. The lowest BCUT2D eigenvalue weighted by Gasteiger charge is -2.27. The lowest BCUT2D eigenvalue weighted by atomic mass is 9.89.